The third-order valence-electron chi connectivity index (χ3n) is 2.96. The Kier molecular flexibility index (Phi) is 5.33. The van der Waals surface area contributed by atoms with Crippen molar-refractivity contribution < 1.29 is 9.84 Å². The largest absolute Gasteiger partial charge is 0.496 e. The second-order valence-electron chi connectivity index (χ2n) is 4.28. The molecule has 0 fully saturated rings. The molecule has 2 heteroatoms. The SMILES string of the molecule is COc1cc(C)c(CCCCCO)cc1C. The Bertz CT molecular complexity index is 332. The predicted octanol–water partition coefficient (Wildman–Crippen LogP) is 3.02. The molecule has 2 nitrogen and oxygen atoms in total. The van der Waals surface area contributed by atoms with Gasteiger partial charge in [-0.25, -0.2) is 0 Å². The lowest BCUT2D eigenvalue weighted by atomic mass is 9.99. The molecule has 0 aliphatic rings. The first-order valence-corrected chi connectivity index (χ1v) is 5.94. The van der Waals surface area contributed by atoms with Crippen LogP contribution in [0.1, 0.15) is 36.0 Å². The average molecular weight is 222 g/mol. The Hall–Kier alpha value is -1.02. The van der Waals surface area contributed by atoms with E-state index in [1.54, 1.807) is 7.11 Å². The molecule has 0 amide bonds. The Morgan fingerprint density at radius 1 is 1.06 bits per heavy atom. The Morgan fingerprint density at radius 2 is 1.81 bits per heavy atom. The lowest BCUT2D eigenvalue weighted by Crippen LogP contribution is -1.95. The van der Waals surface area contributed by atoms with Gasteiger partial charge in [-0.2, -0.15) is 0 Å². The maximum absolute atomic E-state index is 8.71. The van der Waals surface area contributed by atoms with Gasteiger partial charge < -0.3 is 9.84 Å². The average Bonchev–Trinajstić information content (AvgIpc) is 2.28. The van der Waals surface area contributed by atoms with Gasteiger partial charge in [0.1, 0.15) is 5.75 Å². The van der Waals surface area contributed by atoms with Crippen LogP contribution in [-0.4, -0.2) is 18.8 Å². The molecule has 0 spiro atoms. The van der Waals surface area contributed by atoms with Gasteiger partial charge >= 0.3 is 0 Å². The number of aryl methyl sites for hydroxylation is 3. The van der Waals surface area contributed by atoms with Gasteiger partial charge in [-0.05, 0) is 55.9 Å². The van der Waals surface area contributed by atoms with Crippen molar-refractivity contribution in [1.82, 2.24) is 0 Å². The number of aliphatic hydroxyl groups is 1. The van der Waals surface area contributed by atoms with E-state index in [9.17, 15) is 0 Å². The minimum Gasteiger partial charge on any atom is -0.496 e. The van der Waals surface area contributed by atoms with Crippen molar-refractivity contribution in [3.63, 3.8) is 0 Å². The van der Waals surface area contributed by atoms with E-state index in [1.807, 2.05) is 0 Å². The van der Waals surface area contributed by atoms with Crippen molar-refractivity contribution in [1.29, 1.82) is 0 Å². The summed E-state index contributed by atoms with van der Waals surface area (Å²) >= 11 is 0. The van der Waals surface area contributed by atoms with Crippen LogP contribution in [0.4, 0.5) is 0 Å². The van der Waals surface area contributed by atoms with E-state index in [0.717, 1.165) is 31.4 Å². The van der Waals surface area contributed by atoms with Gasteiger partial charge in [0.15, 0.2) is 0 Å². The number of unbranched alkanes of at least 4 members (excludes halogenated alkanes) is 2. The monoisotopic (exact) mass is 222 g/mol. The van der Waals surface area contributed by atoms with Gasteiger partial charge in [-0.15, -0.1) is 0 Å². The van der Waals surface area contributed by atoms with Gasteiger partial charge in [-0.1, -0.05) is 12.5 Å². The lowest BCUT2D eigenvalue weighted by molar-refractivity contribution is 0.283. The molecule has 0 aromatic heterocycles. The third-order valence-corrected chi connectivity index (χ3v) is 2.96. The third kappa shape index (κ3) is 3.53. The molecule has 1 aromatic carbocycles. The van der Waals surface area contributed by atoms with E-state index in [0.29, 0.717) is 6.61 Å². The van der Waals surface area contributed by atoms with Gasteiger partial charge in [-0.3, -0.25) is 0 Å². The molecule has 0 heterocycles. The second kappa shape index (κ2) is 6.54. The minimum atomic E-state index is 0.306. The zero-order valence-corrected chi connectivity index (χ0v) is 10.5. The zero-order chi connectivity index (χ0) is 12.0. The summed E-state index contributed by atoms with van der Waals surface area (Å²) in [4.78, 5) is 0. The van der Waals surface area contributed by atoms with Crippen molar-refractivity contribution in [2.24, 2.45) is 0 Å². The van der Waals surface area contributed by atoms with Crippen LogP contribution in [0.3, 0.4) is 0 Å². The first kappa shape index (κ1) is 13.0. The normalized spacial score (nSPS) is 10.5. The highest BCUT2D eigenvalue weighted by Crippen LogP contribution is 2.23. The molecular formula is C14H22O2. The van der Waals surface area contributed by atoms with Gasteiger partial charge in [0, 0.05) is 6.61 Å². The molecule has 0 atom stereocenters. The number of methoxy groups -OCH3 is 1. The Balaban J connectivity index is 2.63. The highest BCUT2D eigenvalue weighted by Gasteiger charge is 2.04. The van der Waals surface area contributed by atoms with Crippen LogP contribution in [0.15, 0.2) is 12.1 Å². The fourth-order valence-electron chi connectivity index (χ4n) is 1.94. The summed E-state index contributed by atoms with van der Waals surface area (Å²) in [7, 11) is 1.71. The number of benzene rings is 1. The molecule has 90 valence electrons. The summed E-state index contributed by atoms with van der Waals surface area (Å²) in [6.07, 6.45) is 4.25. The van der Waals surface area contributed by atoms with Gasteiger partial charge in [0.05, 0.1) is 7.11 Å². The highest BCUT2D eigenvalue weighted by molar-refractivity contribution is 5.41. The molecule has 0 saturated carbocycles. The van der Waals surface area contributed by atoms with Crippen molar-refractivity contribution in [3.8, 4) is 5.75 Å². The van der Waals surface area contributed by atoms with E-state index in [-0.39, 0.29) is 0 Å². The molecule has 0 aliphatic heterocycles. The van der Waals surface area contributed by atoms with Crippen LogP contribution in [0.2, 0.25) is 0 Å². The maximum Gasteiger partial charge on any atom is 0.122 e. The number of hydrogen-bond donors (Lipinski definition) is 1. The minimum absolute atomic E-state index is 0.306. The first-order valence-electron chi connectivity index (χ1n) is 5.94. The van der Waals surface area contributed by atoms with Crippen LogP contribution in [0, 0.1) is 13.8 Å². The Morgan fingerprint density at radius 3 is 2.44 bits per heavy atom. The second-order valence-corrected chi connectivity index (χ2v) is 4.28. The summed E-state index contributed by atoms with van der Waals surface area (Å²) in [6.45, 7) is 4.51. The van der Waals surface area contributed by atoms with Crippen molar-refractivity contribution >= 4 is 0 Å². The van der Waals surface area contributed by atoms with Gasteiger partial charge in [0.2, 0.25) is 0 Å². The highest BCUT2D eigenvalue weighted by atomic mass is 16.5. The molecule has 1 rings (SSSR count). The molecule has 0 unspecified atom stereocenters. The summed E-state index contributed by atoms with van der Waals surface area (Å²) < 4.78 is 5.29. The number of rotatable bonds is 6. The molecule has 1 N–H and O–H groups in total. The van der Waals surface area contributed by atoms with E-state index >= 15 is 0 Å². The topological polar surface area (TPSA) is 29.5 Å². The maximum atomic E-state index is 8.71. The van der Waals surface area contributed by atoms with E-state index < -0.39 is 0 Å². The summed E-state index contributed by atoms with van der Waals surface area (Å²) in [6, 6.07) is 4.32. The fraction of sp³-hybridized carbons (Fsp3) is 0.571. The van der Waals surface area contributed by atoms with Crippen LogP contribution < -0.4 is 4.74 Å². The van der Waals surface area contributed by atoms with E-state index in [1.165, 1.54) is 16.7 Å². The fourth-order valence-corrected chi connectivity index (χ4v) is 1.94. The molecule has 16 heavy (non-hydrogen) atoms. The molecule has 0 saturated heterocycles. The standard InChI is InChI=1S/C14H22O2/c1-11-10-14(16-3)12(2)9-13(11)7-5-4-6-8-15/h9-10,15H,4-8H2,1-3H3. The van der Waals surface area contributed by atoms with Gasteiger partial charge in [0.25, 0.3) is 0 Å². The summed E-state index contributed by atoms with van der Waals surface area (Å²) in [5.74, 6) is 0.969. The molecular weight excluding hydrogens is 200 g/mol. The van der Waals surface area contributed by atoms with Crippen LogP contribution in [-0.2, 0) is 6.42 Å². The van der Waals surface area contributed by atoms with Crippen molar-refractivity contribution in [3.05, 3.63) is 28.8 Å². The molecule has 0 radical (unpaired) electrons. The quantitative estimate of drug-likeness (QED) is 0.750. The van der Waals surface area contributed by atoms with Crippen molar-refractivity contribution in [2.45, 2.75) is 39.5 Å². The summed E-state index contributed by atoms with van der Waals surface area (Å²) in [5, 5.41) is 8.71. The predicted molar refractivity (Wildman–Crippen MR) is 67.1 cm³/mol. The number of ether oxygens (including phenoxy) is 1. The molecule has 1 aromatic rings. The van der Waals surface area contributed by atoms with E-state index in [4.69, 9.17) is 9.84 Å². The van der Waals surface area contributed by atoms with Crippen LogP contribution in [0.5, 0.6) is 5.75 Å². The van der Waals surface area contributed by atoms with Crippen LogP contribution in [0.25, 0.3) is 0 Å². The zero-order valence-electron chi connectivity index (χ0n) is 10.5. The lowest BCUT2D eigenvalue weighted by Gasteiger charge is -2.11. The first-order chi connectivity index (χ1) is 7.69. The number of hydrogen-bond acceptors (Lipinski definition) is 2. The smallest absolute Gasteiger partial charge is 0.122 e. The summed E-state index contributed by atoms with van der Waals surface area (Å²) in [5.41, 5.74) is 3.90. The molecule has 0 aliphatic carbocycles. The molecule has 0 bridgehead atoms. The van der Waals surface area contributed by atoms with Crippen molar-refractivity contribution in [2.75, 3.05) is 13.7 Å². The van der Waals surface area contributed by atoms with E-state index in [2.05, 4.69) is 26.0 Å². The van der Waals surface area contributed by atoms with Crippen LogP contribution >= 0.6 is 0 Å². The Labute approximate surface area is 98.3 Å². The number of aliphatic hydroxyl groups excluding tert-OH is 1.